The van der Waals surface area contributed by atoms with E-state index in [-0.39, 0.29) is 12.0 Å². The lowest BCUT2D eigenvalue weighted by Gasteiger charge is -2.22. The molecule has 0 radical (unpaired) electrons. The second-order valence-corrected chi connectivity index (χ2v) is 5.42. The van der Waals surface area contributed by atoms with Crippen molar-refractivity contribution in [3.05, 3.63) is 33.8 Å². The van der Waals surface area contributed by atoms with Crippen LogP contribution in [-0.2, 0) is 6.54 Å². The summed E-state index contributed by atoms with van der Waals surface area (Å²) in [4.78, 5) is 0. The first-order valence-electron chi connectivity index (χ1n) is 5.21. The van der Waals surface area contributed by atoms with Crippen LogP contribution in [-0.4, -0.2) is 18.3 Å². The van der Waals surface area contributed by atoms with E-state index in [0.717, 1.165) is 12.1 Å². The van der Waals surface area contributed by atoms with Crippen LogP contribution in [0.2, 0.25) is 10.0 Å². The summed E-state index contributed by atoms with van der Waals surface area (Å²) in [6.45, 7) is 5.54. The van der Waals surface area contributed by atoms with E-state index in [4.69, 9.17) is 28.3 Å². The van der Waals surface area contributed by atoms with Crippen LogP contribution in [0.4, 0.5) is 0 Å². The van der Waals surface area contributed by atoms with Gasteiger partial charge in [0.05, 0.1) is 10.0 Å². The maximum Gasteiger partial charge on any atom is 0.0637 e. The first-order chi connectivity index (χ1) is 7.46. The molecule has 2 nitrogen and oxygen atoms in total. The maximum atomic E-state index is 9.10. The molecule has 0 saturated carbocycles. The summed E-state index contributed by atoms with van der Waals surface area (Å²) in [5.41, 5.74) is 0.855. The Balaban J connectivity index is 2.53. The second-order valence-electron chi connectivity index (χ2n) is 4.64. The maximum absolute atomic E-state index is 9.10. The molecule has 4 heteroatoms. The smallest absolute Gasteiger partial charge is 0.0637 e. The van der Waals surface area contributed by atoms with Crippen molar-refractivity contribution in [1.29, 1.82) is 0 Å². The normalized spacial score (nSPS) is 11.8. The highest BCUT2D eigenvalue weighted by atomic mass is 35.5. The van der Waals surface area contributed by atoms with Crippen LogP contribution in [0.25, 0.3) is 0 Å². The highest BCUT2D eigenvalue weighted by molar-refractivity contribution is 6.42. The number of hydrogen-bond donors (Lipinski definition) is 2. The van der Waals surface area contributed by atoms with Crippen LogP contribution in [0.1, 0.15) is 19.4 Å². The van der Waals surface area contributed by atoms with E-state index in [1.54, 1.807) is 6.07 Å². The summed E-state index contributed by atoms with van der Waals surface area (Å²) in [6, 6.07) is 5.58. The molecule has 16 heavy (non-hydrogen) atoms. The summed E-state index contributed by atoms with van der Waals surface area (Å²) in [6.07, 6.45) is 0. The summed E-state index contributed by atoms with van der Waals surface area (Å²) < 4.78 is 0. The number of aliphatic hydroxyl groups is 1. The van der Waals surface area contributed by atoms with Crippen molar-refractivity contribution in [3.63, 3.8) is 0 Å². The fraction of sp³-hybridized carbons (Fsp3) is 0.500. The first kappa shape index (κ1) is 13.8. The molecule has 0 unspecified atom stereocenters. The summed E-state index contributed by atoms with van der Waals surface area (Å²) in [7, 11) is 0. The molecule has 0 aliphatic rings. The Kier molecular flexibility index (Phi) is 5.06. The van der Waals surface area contributed by atoms with Crippen LogP contribution in [0.5, 0.6) is 0 Å². The zero-order valence-electron chi connectivity index (χ0n) is 9.56. The van der Waals surface area contributed by atoms with E-state index in [2.05, 4.69) is 5.32 Å². The molecule has 0 saturated heterocycles. The van der Waals surface area contributed by atoms with Gasteiger partial charge in [-0.3, -0.25) is 0 Å². The fourth-order valence-electron chi connectivity index (χ4n) is 1.28. The number of aliphatic hydroxyl groups excluding tert-OH is 1. The van der Waals surface area contributed by atoms with Crippen molar-refractivity contribution < 1.29 is 5.11 Å². The van der Waals surface area contributed by atoms with Crippen LogP contribution < -0.4 is 5.32 Å². The van der Waals surface area contributed by atoms with Gasteiger partial charge in [0.1, 0.15) is 0 Å². The van der Waals surface area contributed by atoms with E-state index >= 15 is 0 Å². The van der Waals surface area contributed by atoms with Crippen molar-refractivity contribution in [2.24, 2.45) is 5.41 Å². The third-order valence-electron chi connectivity index (χ3n) is 2.38. The average molecular weight is 262 g/mol. The molecule has 0 atom stereocenters. The van der Waals surface area contributed by atoms with Crippen molar-refractivity contribution in [2.45, 2.75) is 20.4 Å². The van der Waals surface area contributed by atoms with Gasteiger partial charge in [-0.1, -0.05) is 49.2 Å². The number of nitrogens with one attached hydrogen (secondary N) is 1. The summed E-state index contributed by atoms with van der Waals surface area (Å²) in [5.74, 6) is 0. The largest absolute Gasteiger partial charge is 0.396 e. The summed E-state index contributed by atoms with van der Waals surface area (Å²) >= 11 is 12.0. The molecule has 0 spiro atoms. The van der Waals surface area contributed by atoms with Gasteiger partial charge >= 0.3 is 0 Å². The van der Waals surface area contributed by atoms with Gasteiger partial charge in [0.25, 0.3) is 0 Å². The predicted molar refractivity (Wildman–Crippen MR) is 69.0 cm³/mol. The third kappa shape index (κ3) is 3.95. The van der Waals surface area contributed by atoms with Crippen molar-refractivity contribution >= 4 is 23.2 Å². The number of hydrogen-bond acceptors (Lipinski definition) is 2. The van der Waals surface area contributed by atoms with E-state index in [1.165, 1.54) is 0 Å². The van der Waals surface area contributed by atoms with Gasteiger partial charge in [-0.25, -0.2) is 0 Å². The zero-order valence-corrected chi connectivity index (χ0v) is 11.1. The fourth-order valence-corrected chi connectivity index (χ4v) is 1.66. The Bertz CT molecular complexity index is 353. The first-order valence-corrected chi connectivity index (χ1v) is 5.96. The third-order valence-corrected chi connectivity index (χ3v) is 3.24. The van der Waals surface area contributed by atoms with Crippen molar-refractivity contribution in [1.82, 2.24) is 5.32 Å². The van der Waals surface area contributed by atoms with Gasteiger partial charge in [0, 0.05) is 25.1 Å². The molecule has 0 aromatic heterocycles. The lowest BCUT2D eigenvalue weighted by molar-refractivity contribution is 0.156. The van der Waals surface area contributed by atoms with Gasteiger partial charge in [-0.15, -0.1) is 0 Å². The number of halogens is 2. The molecular weight excluding hydrogens is 245 g/mol. The van der Waals surface area contributed by atoms with E-state index in [9.17, 15) is 0 Å². The van der Waals surface area contributed by atoms with Gasteiger partial charge in [0.2, 0.25) is 0 Å². The molecule has 2 N–H and O–H groups in total. The highest BCUT2D eigenvalue weighted by Crippen LogP contribution is 2.25. The molecule has 1 rings (SSSR count). The molecule has 0 amide bonds. The SMILES string of the molecule is CC(C)(CO)CNCc1cccc(Cl)c1Cl. The van der Waals surface area contributed by atoms with Crippen LogP contribution in [0.3, 0.4) is 0 Å². The van der Waals surface area contributed by atoms with Crippen LogP contribution in [0.15, 0.2) is 18.2 Å². The molecule has 0 bridgehead atoms. The quantitative estimate of drug-likeness (QED) is 0.854. The molecule has 1 aromatic rings. The Morgan fingerprint density at radius 3 is 2.62 bits per heavy atom. The Labute approximate surface area is 107 Å². The molecule has 90 valence electrons. The Morgan fingerprint density at radius 1 is 1.31 bits per heavy atom. The Morgan fingerprint density at radius 2 is 2.00 bits per heavy atom. The summed E-state index contributed by atoms with van der Waals surface area (Å²) in [5, 5.41) is 13.5. The van der Waals surface area contributed by atoms with Gasteiger partial charge < -0.3 is 10.4 Å². The zero-order chi connectivity index (χ0) is 12.2. The highest BCUT2D eigenvalue weighted by Gasteiger charge is 2.15. The van der Waals surface area contributed by atoms with E-state index in [0.29, 0.717) is 16.6 Å². The molecular formula is C12H17Cl2NO. The van der Waals surface area contributed by atoms with Gasteiger partial charge in [-0.2, -0.15) is 0 Å². The molecule has 0 aliphatic carbocycles. The minimum Gasteiger partial charge on any atom is -0.396 e. The van der Waals surface area contributed by atoms with Gasteiger partial charge in [0.15, 0.2) is 0 Å². The van der Waals surface area contributed by atoms with E-state index < -0.39 is 0 Å². The van der Waals surface area contributed by atoms with Crippen LogP contribution >= 0.6 is 23.2 Å². The van der Waals surface area contributed by atoms with E-state index in [1.807, 2.05) is 26.0 Å². The average Bonchev–Trinajstić information content (AvgIpc) is 2.24. The Hall–Kier alpha value is -0.280. The topological polar surface area (TPSA) is 32.3 Å². The number of benzene rings is 1. The van der Waals surface area contributed by atoms with Gasteiger partial charge in [-0.05, 0) is 11.6 Å². The van der Waals surface area contributed by atoms with Crippen molar-refractivity contribution in [2.75, 3.05) is 13.2 Å². The molecule has 0 heterocycles. The number of rotatable bonds is 5. The molecule has 0 aliphatic heterocycles. The van der Waals surface area contributed by atoms with Crippen molar-refractivity contribution in [3.8, 4) is 0 Å². The minimum absolute atomic E-state index is 0.120. The molecule has 0 fully saturated rings. The lowest BCUT2D eigenvalue weighted by atomic mass is 9.95. The van der Waals surface area contributed by atoms with Crippen LogP contribution in [0, 0.1) is 5.41 Å². The standard InChI is InChI=1S/C12H17Cl2NO/c1-12(2,8-16)7-15-6-9-4-3-5-10(13)11(9)14/h3-5,15-16H,6-8H2,1-2H3. The monoisotopic (exact) mass is 261 g/mol. The second kappa shape index (κ2) is 5.87. The lowest BCUT2D eigenvalue weighted by Crippen LogP contribution is -2.31. The predicted octanol–water partition coefficient (Wildman–Crippen LogP) is 3.10. The molecule has 1 aromatic carbocycles. The minimum atomic E-state index is -0.120.